The maximum absolute atomic E-state index is 13.5. The number of anilines is 1. The number of hydrogen-bond acceptors (Lipinski definition) is 5. The Morgan fingerprint density at radius 2 is 1.85 bits per heavy atom. The number of amides is 2. The second kappa shape index (κ2) is 9.33. The number of hydrogen-bond donors (Lipinski definition) is 2. The average molecular weight is 374 g/mol. The van der Waals surface area contributed by atoms with Crippen LogP contribution in [0.5, 0.6) is 5.75 Å². The highest BCUT2D eigenvalue weighted by Crippen LogP contribution is 2.13. The number of carbonyl (C=O) groups is 3. The molecule has 2 N–H and O–H groups in total. The Morgan fingerprint density at radius 1 is 1.11 bits per heavy atom. The van der Waals surface area contributed by atoms with Crippen LogP contribution in [0.2, 0.25) is 0 Å². The molecule has 7 nitrogen and oxygen atoms in total. The third-order valence-electron chi connectivity index (χ3n) is 3.53. The topological polar surface area (TPSA) is 93.7 Å². The van der Waals surface area contributed by atoms with Crippen molar-refractivity contribution in [2.45, 2.75) is 13.0 Å². The zero-order valence-electron chi connectivity index (χ0n) is 14.8. The summed E-state index contributed by atoms with van der Waals surface area (Å²) in [5, 5.41) is 4.72. The summed E-state index contributed by atoms with van der Waals surface area (Å²) in [4.78, 5) is 35.8. The summed E-state index contributed by atoms with van der Waals surface area (Å²) < 4.78 is 23.5. The molecule has 0 aliphatic heterocycles. The summed E-state index contributed by atoms with van der Waals surface area (Å²) in [5.74, 6) is -2.08. The van der Waals surface area contributed by atoms with Gasteiger partial charge in [-0.25, -0.2) is 4.39 Å². The molecule has 27 heavy (non-hydrogen) atoms. The van der Waals surface area contributed by atoms with Gasteiger partial charge in [0, 0.05) is 5.56 Å². The van der Waals surface area contributed by atoms with Gasteiger partial charge in [-0.1, -0.05) is 18.2 Å². The van der Waals surface area contributed by atoms with Gasteiger partial charge in [0.1, 0.15) is 18.1 Å². The third kappa shape index (κ3) is 5.81. The van der Waals surface area contributed by atoms with Crippen molar-refractivity contribution >= 4 is 23.5 Å². The van der Waals surface area contributed by atoms with Crippen LogP contribution in [0.3, 0.4) is 0 Å². The van der Waals surface area contributed by atoms with Crippen LogP contribution in [0, 0.1) is 5.82 Å². The molecule has 0 aliphatic rings. The smallest absolute Gasteiger partial charge is 0.326 e. The van der Waals surface area contributed by atoms with E-state index in [2.05, 4.69) is 10.6 Å². The van der Waals surface area contributed by atoms with E-state index in [1.807, 2.05) is 0 Å². The van der Waals surface area contributed by atoms with Gasteiger partial charge in [0.05, 0.1) is 12.8 Å². The Labute approximate surface area is 155 Å². The van der Waals surface area contributed by atoms with Crippen LogP contribution in [0.4, 0.5) is 10.1 Å². The highest BCUT2D eigenvalue weighted by atomic mass is 19.1. The van der Waals surface area contributed by atoms with Gasteiger partial charge in [-0.05, 0) is 37.3 Å². The van der Waals surface area contributed by atoms with Crippen molar-refractivity contribution in [3.05, 3.63) is 59.9 Å². The van der Waals surface area contributed by atoms with E-state index in [0.717, 1.165) is 0 Å². The predicted molar refractivity (Wildman–Crippen MR) is 95.9 cm³/mol. The van der Waals surface area contributed by atoms with Crippen LogP contribution >= 0.6 is 0 Å². The summed E-state index contributed by atoms with van der Waals surface area (Å²) in [6, 6.07) is 12.0. The molecule has 0 radical (unpaired) electrons. The highest BCUT2D eigenvalue weighted by molar-refractivity contribution is 5.97. The maximum Gasteiger partial charge on any atom is 0.326 e. The average Bonchev–Trinajstić information content (AvgIpc) is 2.67. The number of para-hydroxylation sites is 1. The van der Waals surface area contributed by atoms with Crippen LogP contribution in [-0.4, -0.2) is 37.5 Å². The summed E-state index contributed by atoms with van der Waals surface area (Å²) in [7, 11) is 1.47. The molecule has 0 spiro atoms. The molecular weight excluding hydrogens is 355 g/mol. The van der Waals surface area contributed by atoms with Crippen molar-refractivity contribution in [2.75, 3.05) is 19.0 Å². The molecule has 142 valence electrons. The van der Waals surface area contributed by atoms with E-state index in [4.69, 9.17) is 9.47 Å². The van der Waals surface area contributed by atoms with Gasteiger partial charge in [-0.15, -0.1) is 0 Å². The first-order chi connectivity index (χ1) is 12.9. The van der Waals surface area contributed by atoms with Crippen molar-refractivity contribution in [2.24, 2.45) is 0 Å². The van der Waals surface area contributed by atoms with Gasteiger partial charge in [0.25, 0.3) is 11.8 Å². The summed E-state index contributed by atoms with van der Waals surface area (Å²) in [6.07, 6.45) is -1.16. The second-order valence-corrected chi connectivity index (χ2v) is 5.52. The maximum atomic E-state index is 13.5. The molecule has 0 saturated carbocycles. The van der Waals surface area contributed by atoms with Gasteiger partial charge < -0.3 is 20.1 Å². The van der Waals surface area contributed by atoms with Crippen molar-refractivity contribution in [1.82, 2.24) is 5.32 Å². The minimum atomic E-state index is -1.16. The largest absolute Gasteiger partial charge is 0.497 e. The Hall–Kier alpha value is -3.42. The van der Waals surface area contributed by atoms with Crippen LogP contribution in [-0.2, 0) is 14.3 Å². The van der Waals surface area contributed by atoms with E-state index in [-0.39, 0.29) is 5.69 Å². The number of esters is 1. The number of carbonyl (C=O) groups excluding carboxylic acids is 3. The number of rotatable bonds is 7. The summed E-state index contributed by atoms with van der Waals surface area (Å²) in [5.41, 5.74) is 0.296. The number of ether oxygens (including phenoxy) is 2. The lowest BCUT2D eigenvalue weighted by atomic mass is 10.2. The van der Waals surface area contributed by atoms with E-state index in [9.17, 15) is 18.8 Å². The van der Waals surface area contributed by atoms with E-state index < -0.39 is 36.2 Å². The monoisotopic (exact) mass is 374 g/mol. The molecule has 2 aromatic rings. The van der Waals surface area contributed by atoms with Crippen LogP contribution < -0.4 is 15.4 Å². The molecule has 0 aliphatic carbocycles. The van der Waals surface area contributed by atoms with E-state index in [0.29, 0.717) is 11.3 Å². The first-order valence-corrected chi connectivity index (χ1v) is 8.08. The molecule has 8 heteroatoms. The molecule has 1 atom stereocenters. The Balaban J connectivity index is 1.83. The Bertz CT molecular complexity index is 840. The molecule has 2 aromatic carbocycles. The lowest BCUT2D eigenvalue weighted by Crippen LogP contribution is -2.36. The lowest BCUT2D eigenvalue weighted by Gasteiger charge is -2.14. The zero-order valence-corrected chi connectivity index (χ0v) is 14.8. The van der Waals surface area contributed by atoms with Gasteiger partial charge in [-0.3, -0.25) is 14.4 Å². The van der Waals surface area contributed by atoms with E-state index >= 15 is 0 Å². The predicted octanol–water partition coefficient (Wildman–Crippen LogP) is 2.13. The number of halogens is 1. The van der Waals surface area contributed by atoms with Gasteiger partial charge in [0.2, 0.25) is 0 Å². The molecule has 0 unspecified atom stereocenters. The first kappa shape index (κ1) is 19.9. The van der Waals surface area contributed by atoms with Crippen molar-refractivity contribution in [1.29, 1.82) is 0 Å². The van der Waals surface area contributed by atoms with E-state index in [1.54, 1.807) is 24.3 Å². The molecule has 0 aromatic heterocycles. The molecule has 0 bridgehead atoms. The Morgan fingerprint density at radius 3 is 2.56 bits per heavy atom. The van der Waals surface area contributed by atoms with Gasteiger partial charge in [-0.2, -0.15) is 0 Å². The number of methoxy groups -OCH3 is 1. The molecule has 0 fully saturated rings. The van der Waals surface area contributed by atoms with Gasteiger partial charge in [0.15, 0.2) is 6.10 Å². The molecule has 0 saturated heterocycles. The normalized spacial score (nSPS) is 11.2. The van der Waals surface area contributed by atoms with Crippen LogP contribution in [0.25, 0.3) is 0 Å². The minimum Gasteiger partial charge on any atom is -0.497 e. The van der Waals surface area contributed by atoms with Crippen molar-refractivity contribution in [3.8, 4) is 5.75 Å². The quantitative estimate of drug-likeness (QED) is 0.724. The SMILES string of the molecule is COc1cccc(C(=O)NCC(=O)O[C@H](C)C(=O)Nc2ccccc2F)c1. The highest BCUT2D eigenvalue weighted by Gasteiger charge is 2.19. The second-order valence-electron chi connectivity index (χ2n) is 5.52. The fraction of sp³-hybridized carbons (Fsp3) is 0.211. The van der Waals surface area contributed by atoms with E-state index in [1.165, 1.54) is 38.3 Å². The molecule has 0 heterocycles. The Kier molecular flexibility index (Phi) is 6.87. The van der Waals surface area contributed by atoms with Gasteiger partial charge >= 0.3 is 5.97 Å². The minimum absolute atomic E-state index is 0.0169. The van der Waals surface area contributed by atoms with Crippen LogP contribution in [0.15, 0.2) is 48.5 Å². The van der Waals surface area contributed by atoms with Crippen LogP contribution in [0.1, 0.15) is 17.3 Å². The first-order valence-electron chi connectivity index (χ1n) is 8.08. The third-order valence-corrected chi connectivity index (χ3v) is 3.53. The van der Waals surface area contributed by atoms with Crippen molar-refractivity contribution < 1.29 is 28.2 Å². The lowest BCUT2D eigenvalue weighted by molar-refractivity contribution is -0.152. The zero-order chi connectivity index (χ0) is 19.8. The fourth-order valence-corrected chi connectivity index (χ4v) is 2.11. The molecule has 2 amide bonds. The summed E-state index contributed by atoms with van der Waals surface area (Å²) >= 11 is 0. The molecular formula is C19H19FN2O5. The molecule has 2 rings (SSSR count). The standard InChI is InChI=1S/C19H19FN2O5/c1-12(18(24)22-16-9-4-3-8-15(16)20)27-17(23)11-21-19(25)13-6-5-7-14(10-13)26-2/h3-10,12H,11H2,1-2H3,(H,21,25)(H,22,24)/t12-/m1/s1. The number of nitrogens with one attached hydrogen (secondary N) is 2. The van der Waals surface area contributed by atoms with Crippen molar-refractivity contribution in [3.63, 3.8) is 0 Å². The fourth-order valence-electron chi connectivity index (χ4n) is 2.11. The summed E-state index contributed by atoms with van der Waals surface area (Å²) in [6.45, 7) is 0.922. The number of benzene rings is 2.